The predicted octanol–water partition coefficient (Wildman–Crippen LogP) is 4.66. The Morgan fingerprint density at radius 1 is 1.15 bits per heavy atom. The van der Waals surface area contributed by atoms with Gasteiger partial charge in [0, 0.05) is 0 Å². The van der Waals surface area contributed by atoms with Gasteiger partial charge in [-0.3, -0.25) is 4.98 Å². The molecule has 1 aliphatic rings. The Hall–Kier alpha value is -3.82. The Labute approximate surface area is 191 Å². The van der Waals surface area contributed by atoms with Crippen LogP contribution in [0, 0.1) is 18.7 Å². The van der Waals surface area contributed by atoms with Crippen molar-refractivity contribution in [1.82, 2.24) is 19.9 Å². The molecular formula is C23H25FN6O3. The number of aromatic nitrogens is 4. The zero-order chi connectivity index (χ0) is 23.5. The molecule has 0 saturated carbocycles. The largest absolute Gasteiger partial charge is 0.456 e. The van der Waals surface area contributed by atoms with Gasteiger partial charge >= 0.3 is 6.09 Å². The first-order valence-electron chi connectivity index (χ1n) is 10.6. The quantitative estimate of drug-likeness (QED) is 0.552. The highest BCUT2D eigenvalue weighted by atomic mass is 19.1. The van der Waals surface area contributed by atoms with E-state index < -0.39 is 6.09 Å². The molecule has 1 aliphatic heterocycles. The summed E-state index contributed by atoms with van der Waals surface area (Å²) in [7, 11) is 0. The fraction of sp³-hybridized carbons (Fsp3) is 0.348. The van der Waals surface area contributed by atoms with Gasteiger partial charge in [-0.2, -0.15) is 4.98 Å². The summed E-state index contributed by atoms with van der Waals surface area (Å²) in [6.07, 6.45) is 2.49. The molecule has 1 N–H and O–H groups in total. The van der Waals surface area contributed by atoms with Crippen LogP contribution in [0.4, 0.5) is 21.1 Å². The molecule has 9 nitrogen and oxygen atoms in total. The van der Waals surface area contributed by atoms with E-state index >= 15 is 0 Å². The van der Waals surface area contributed by atoms with Crippen LogP contribution in [0.25, 0.3) is 0 Å². The highest BCUT2D eigenvalue weighted by Gasteiger charge is 2.38. The van der Waals surface area contributed by atoms with Gasteiger partial charge in [-0.1, -0.05) is 13.8 Å². The van der Waals surface area contributed by atoms with Gasteiger partial charge in [0.15, 0.2) is 0 Å². The third-order valence-corrected chi connectivity index (χ3v) is 5.36. The predicted molar refractivity (Wildman–Crippen MR) is 120 cm³/mol. The van der Waals surface area contributed by atoms with E-state index in [0.29, 0.717) is 29.6 Å². The molecule has 10 heteroatoms. The highest BCUT2D eigenvalue weighted by Crippen LogP contribution is 2.26. The number of hydrogen-bond acceptors (Lipinski definition) is 8. The highest BCUT2D eigenvalue weighted by molar-refractivity contribution is 5.88. The van der Waals surface area contributed by atoms with Gasteiger partial charge in [-0.05, 0) is 55.7 Å². The number of pyridine rings is 1. The van der Waals surface area contributed by atoms with Crippen molar-refractivity contribution in [3.05, 3.63) is 59.9 Å². The smallest absolute Gasteiger partial charge is 0.417 e. The molecule has 0 spiro atoms. The van der Waals surface area contributed by atoms with Crippen LogP contribution in [0.2, 0.25) is 0 Å². The molecule has 0 radical (unpaired) electrons. The van der Waals surface area contributed by atoms with Crippen LogP contribution in [-0.4, -0.2) is 38.7 Å². The van der Waals surface area contributed by atoms with E-state index in [4.69, 9.17) is 9.47 Å². The van der Waals surface area contributed by atoms with Crippen LogP contribution >= 0.6 is 0 Å². The van der Waals surface area contributed by atoms with Crippen molar-refractivity contribution in [2.75, 3.05) is 16.8 Å². The van der Waals surface area contributed by atoms with Gasteiger partial charge in [0.1, 0.15) is 30.3 Å². The molecule has 2 atom stereocenters. The number of amides is 1. The van der Waals surface area contributed by atoms with E-state index in [-0.39, 0.29) is 29.8 Å². The fourth-order valence-corrected chi connectivity index (χ4v) is 3.42. The summed E-state index contributed by atoms with van der Waals surface area (Å²) in [4.78, 5) is 30.8. The minimum atomic E-state index is -0.465. The molecule has 0 aliphatic carbocycles. The normalized spacial score (nSPS) is 16.6. The zero-order valence-corrected chi connectivity index (χ0v) is 18.8. The van der Waals surface area contributed by atoms with Crippen molar-refractivity contribution in [2.24, 2.45) is 5.92 Å². The lowest BCUT2D eigenvalue weighted by Gasteiger charge is -2.22. The molecule has 0 bridgehead atoms. The molecule has 1 aromatic carbocycles. The number of benzene rings is 1. The lowest BCUT2D eigenvalue weighted by molar-refractivity contribution is 0.177. The van der Waals surface area contributed by atoms with Crippen molar-refractivity contribution in [1.29, 1.82) is 0 Å². The summed E-state index contributed by atoms with van der Waals surface area (Å²) in [6.45, 7) is 7.92. The number of rotatable bonds is 7. The molecule has 172 valence electrons. The van der Waals surface area contributed by atoms with E-state index in [9.17, 15) is 9.18 Å². The second-order valence-corrected chi connectivity index (χ2v) is 8.17. The number of ether oxygens (including phenoxy) is 2. The molecule has 2 aromatic heterocycles. The second-order valence-electron chi connectivity index (χ2n) is 8.17. The summed E-state index contributed by atoms with van der Waals surface area (Å²) < 4.78 is 24.4. The molecule has 1 unspecified atom stereocenters. The maximum atomic E-state index is 13.4. The molecule has 33 heavy (non-hydrogen) atoms. The van der Waals surface area contributed by atoms with Crippen molar-refractivity contribution in [3.63, 3.8) is 0 Å². The Balaban J connectivity index is 1.44. The number of nitrogens with one attached hydrogen (secondary N) is 1. The summed E-state index contributed by atoms with van der Waals surface area (Å²) >= 11 is 0. The molecule has 1 saturated heterocycles. The van der Waals surface area contributed by atoms with Crippen LogP contribution in [0.3, 0.4) is 0 Å². The average molecular weight is 452 g/mol. The summed E-state index contributed by atoms with van der Waals surface area (Å²) in [5.41, 5.74) is 1.24. The van der Waals surface area contributed by atoms with Crippen LogP contribution < -0.4 is 15.0 Å². The van der Waals surface area contributed by atoms with Crippen molar-refractivity contribution in [3.8, 4) is 11.5 Å². The first-order chi connectivity index (χ1) is 15.8. The molecule has 1 fully saturated rings. The van der Waals surface area contributed by atoms with E-state index in [1.54, 1.807) is 31.3 Å². The van der Waals surface area contributed by atoms with Crippen molar-refractivity contribution < 1.29 is 18.7 Å². The topological polar surface area (TPSA) is 102 Å². The number of anilines is 2. The van der Waals surface area contributed by atoms with Crippen molar-refractivity contribution >= 4 is 18.0 Å². The third kappa shape index (κ3) is 5.00. The minimum absolute atomic E-state index is 0.135. The van der Waals surface area contributed by atoms with Crippen LogP contribution in [0.5, 0.6) is 11.5 Å². The maximum absolute atomic E-state index is 13.4. The van der Waals surface area contributed by atoms with Gasteiger partial charge < -0.3 is 14.8 Å². The van der Waals surface area contributed by atoms with Gasteiger partial charge in [-0.15, -0.1) is 0 Å². The number of aryl methyl sites for hydroxylation is 1. The van der Waals surface area contributed by atoms with E-state index in [0.717, 1.165) is 5.69 Å². The van der Waals surface area contributed by atoms with Crippen LogP contribution in [-0.2, 0) is 4.74 Å². The monoisotopic (exact) mass is 452 g/mol. The Morgan fingerprint density at radius 2 is 1.94 bits per heavy atom. The number of halogens is 1. The summed E-state index contributed by atoms with van der Waals surface area (Å²) in [5, 5.41) is 3.18. The number of nitrogens with zero attached hydrogens (tertiary/aromatic N) is 5. The zero-order valence-electron chi connectivity index (χ0n) is 18.8. The van der Waals surface area contributed by atoms with E-state index in [1.165, 1.54) is 17.3 Å². The van der Waals surface area contributed by atoms with Gasteiger partial charge in [0.05, 0.1) is 24.0 Å². The Bertz CT molecular complexity index is 1140. The molecule has 3 heterocycles. The van der Waals surface area contributed by atoms with E-state index in [2.05, 4.69) is 25.3 Å². The van der Waals surface area contributed by atoms with Gasteiger partial charge in [0.25, 0.3) is 0 Å². The standard InChI is InChI=1S/C23H25FN6O3/c1-13(2)20-11-32-23(31)30(20)22-27-12-26-21(29-22)28-15(4)19-8-6-17(10-25-19)33-16-5-7-18(24)14(3)9-16/h5-10,12-13,15,20H,11H2,1-4H3,(H,26,27,28,29)/t15-,20?/m0/s1. The Morgan fingerprint density at radius 3 is 2.64 bits per heavy atom. The Kier molecular flexibility index (Phi) is 6.34. The minimum Gasteiger partial charge on any atom is -0.456 e. The molecule has 1 amide bonds. The molecule has 3 aromatic rings. The number of carbonyl (C=O) groups excluding carboxylic acids is 1. The molecular weight excluding hydrogens is 427 g/mol. The first-order valence-corrected chi connectivity index (χ1v) is 10.6. The SMILES string of the molecule is Cc1cc(Oc2ccc([C@H](C)Nc3ncnc(N4C(=O)OCC4C(C)C)n3)nc2)ccc1F. The van der Waals surface area contributed by atoms with Gasteiger partial charge in [-0.25, -0.2) is 24.1 Å². The van der Waals surface area contributed by atoms with Crippen LogP contribution in [0.1, 0.15) is 38.1 Å². The molecule has 4 rings (SSSR count). The van der Waals surface area contributed by atoms with Crippen LogP contribution in [0.15, 0.2) is 42.9 Å². The van der Waals surface area contributed by atoms with E-state index in [1.807, 2.05) is 26.8 Å². The maximum Gasteiger partial charge on any atom is 0.417 e. The lowest BCUT2D eigenvalue weighted by Crippen LogP contribution is -2.38. The van der Waals surface area contributed by atoms with Crippen molar-refractivity contribution in [2.45, 2.75) is 39.8 Å². The third-order valence-electron chi connectivity index (χ3n) is 5.36. The number of cyclic esters (lactones) is 1. The fourth-order valence-electron chi connectivity index (χ4n) is 3.42. The first kappa shape index (κ1) is 22.4. The summed E-state index contributed by atoms with van der Waals surface area (Å²) in [5.74, 6) is 1.54. The van der Waals surface area contributed by atoms with Gasteiger partial charge in [0.2, 0.25) is 11.9 Å². The number of carbonyl (C=O) groups is 1. The number of hydrogen-bond donors (Lipinski definition) is 1. The second kappa shape index (κ2) is 9.35. The summed E-state index contributed by atoms with van der Waals surface area (Å²) in [6, 6.07) is 7.80. The lowest BCUT2D eigenvalue weighted by atomic mass is 10.1. The average Bonchev–Trinajstić information content (AvgIpc) is 3.19.